The molecule has 0 radical (unpaired) electrons. The first-order valence-electron chi connectivity index (χ1n) is 10.4. The van der Waals surface area contributed by atoms with Crippen molar-refractivity contribution < 1.29 is 23.8 Å². The number of ether oxygens (including phenoxy) is 3. The molecule has 0 bridgehead atoms. The van der Waals surface area contributed by atoms with E-state index in [9.17, 15) is 9.59 Å². The maximum absolute atomic E-state index is 12.9. The molecule has 170 valence electrons. The summed E-state index contributed by atoms with van der Waals surface area (Å²) in [5, 5.41) is 5.74. The molecule has 0 spiro atoms. The lowest BCUT2D eigenvalue weighted by Crippen LogP contribution is -2.17. The number of fused-ring (bicyclic) bond motifs is 1. The van der Waals surface area contributed by atoms with E-state index in [0.717, 1.165) is 10.8 Å². The minimum atomic E-state index is -0.503. The quantitative estimate of drug-likeness (QED) is 0.187. The molecule has 7 heteroatoms. The van der Waals surface area contributed by atoms with E-state index in [0.29, 0.717) is 28.2 Å². The second-order valence-corrected chi connectivity index (χ2v) is 7.25. The van der Waals surface area contributed by atoms with Crippen LogP contribution >= 0.6 is 0 Å². The lowest BCUT2D eigenvalue weighted by molar-refractivity contribution is 0.0731. The predicted molar refractivity (Wildman–Crippen MR) is 130 cm³/mol. The van der Waals surface area contributed by atoms with Crippen LogP contribution in [-0.2, 0) is 0 Å². The molecule has 0 atom stereocenters. The van der Waals surface area contributed by atoms with Gasteiger partial charge in [0.05, 0.1) is 26.0 Å². The van der Waals surface area contributed by atoms with E-state index in [1.54, 1.807) is 55.6 Å². The summed E-state index contributed by atoms with van der Waals surface area (Å²) in [6, 6.07) is 24.7. The fourth-order valence-electron chi connectivity index (χ4n) is 3.38. The molecule has 0 saturated heterocycles. The molecular formula is C27H22N2O5. The van der Waals surface area contributed by atoms with Gasteiger partial charge in [-0.2, -0.15) is 5.10 Å². The van der Waals surface area contributed by atoms with Crippen LogP contribution in [-0.4, -0.2) is 32.3 Å². The molecule has 34 heavy (non-hydrogen) atoms. The number of rotatable bonds is 7. The summed E-state index contributed by atoms with van der Waals surface area (Å²) in [6.45, 7) is 0. The van der Waals surface area contributed by atoms with E-state index in [1.165, 1.54) is 13.3 Å². The summed E-state index contributed by atoms with van der Waals surface area (Å²) >= 11 is 0. The Labute approximate surface area is 196 Å². The van der Waals surface area contributed by atoms with Gasteiger partial charge in [-0.15, -0.1) is 0 Å². The number of carbonyl (C=O) groups excluding carboxylic acids is 2. The van der Waals surface area contributed by atoms with Gasteiger partial charge < -0.3 is 14.2 Å². The maximum Gasteiger partial charge on any atom is 0.344 e. The monoisotopic (exact) mass is 454 g/mol. The molecule has 4 aromatic rings. The number of hydrogen-bond acceptors (Lipinski definition) is 6. The van der Waals surface area contributed by atoms with Crippen molar-refractivity contribution in [2.24, 2.45) is 5.10 Å². The van der Waals surface area contributed by atoms with Crippen molar-refractivity contribution in [2.75, 3.05) is 14.2 Å². The number of nitrogens with one attached hydrogen (secondary N) is 1. The standard InChI is InChI=1S/C27H22N2O5/c1-32-21-13-11-20(12-14-21)26(30)29-28-17-18-10-15-24(33-2)25(16-18)34-27(31)23-9-5-7-19-6-3-4-8-22(19)23/h3-17H,1-2H3,(H,29,30)/b28-17+. The molecule has 0 heterocycles. The first-order chi connectivity index (χ1) is 16.6. The minimum Gasteiger partial charge on any atom is -0.497 e. The van der Waals surface area contributed by atoms with Gasteiger partial charge >= 0.3 is 5.97 Å². The summed E-state index contributed by atoms with van der Waals surface area (Å²) in [5.41, 5.74) is 3.97. The average Bonchev–Trinajstić information content (AvgIpc) is 2.88. The lowest BCUT2D eigenvalue weighted by Gasteiger charge is -2.11. The van der Waals surface area contributed by atoms with Gasteiger partial charge in [0.2, 0.25) is 0 Å². The average molecular weight is 454 g/mol. The van der Waals surface area contributed by atoms with Crippen LogP contribution in [0.2, 0.25) is 0 Å². The summed E-state index contributed by atoms with van der Waals surface area (Å²) in [4.78, 5) is 25.2. The van der Waals surface area contributed by atoms with Gasteiger partial charge in [-0.25, -0.2) is 10.2 Å². The highest BCUT2D eigenvalue weighted by atomic mass is 16.6. The SMILES string of the molecule is COc1ccc(C(=O)N/N=C/c2ccc(OC)c(OC(=O)c3cccc4ccccc34)c2)cc1. The molecule has 1 amide bonds. The smallest absolute Gasteiger partial charge is 0.344 e. The van der Waals surface area contributed by atoms with Crippen LogP contribution in [0.4, 0.5) is 0 Å². The number of hydrazone groups is 1. The van der Waals surface area contributed by atoms with Gasteiger partial charge in [-0.05, 0) is 64.9 Å². The number of benzene rings is 4. The van der Waals surface area contributed by atoms with E-state index < -0.39 is 5.97 Å². The number of nitrogens with zero attached hydrogens (tertiary/aromatic N) is 1. The molecule has 0 saturated carbocycles. The Morgan fingerprint density at radius 3 is 2.35 bits per heavy atom. The third kappa shape index (κ3) is 5.05. The van der Waals surface area contributed by atoms with Crippen LogP contribution in [0.5, 0.6) is 17.2 Å². The van der Waals surface area contributed by atoms with Crippen LogP contribution in [0.3, 0.4) is 0 Å². The second kappa shape index (κ2) is 10.3. The number of esters is 1. The van der Waals surface area contributed by atoms with Gasteiger partial charge in [0.15, 0.2) is 11.5 Å². The maximum atomic E-state index is 12.9. The van der Waals surface area contributed by atoms with Crippen LogP contribution < -0.4 is 19.6 Å². The Morgan fingerprint density at radius 1 is 0.824 bits per heavy atom. The molecule has 0 fully saturated rings. The summed E-state index contributed by atoms with van der Waals surface area (Å²) in [5.74, 6) is 0.426. The normalized spacial score (nSPS) is 10.8. The summed E-state index contributed by atoms with van der Waals surface area (Å²) in [7, 11) is 3.05. The third-order valence-electron chi connectivity index (χ3n) is 5.13. The van der Waals surface area contributed by atoms with Crippen molar-refractivity contribution in [2.45, 2.75) is 0 Å². The number of hydrogen-bond donors (Lipinski definition) is 1. The largest absolute Gasteiger partial charge is 0.497 e. The number of carbonyl (C=O) groups is 2. The molecular weight excluding hydrogens is 432 g/mol. The van der Waals surface area contributed by atoms with Crippen LogP contribution in [0.15, 0.2) is 90.0 Å². The number of amides is 1. The molecule has 0 aromatic heterocycles. The van der Waals surface area contributed by atoms with E-state index in [4.69, 9.17) is 14.2 Å². The highest BCUT2D eigenvalue weighted by Crippen LogP contribution is 2.29. The summed E-state index contributed by atoms with van der Waals surface area (Å²) in [6.07, 6.45) is 1.45. The molecule has 4 aromatic carbocycles. The van der Waals surface area contributed by atoms with Crippen molar-refractivity contribution in [1.82, 2.24) is 5.43 Å². The van der Waals surface area contributed by atoms with Gasteiger partial charge in [0.1, 0.15) is 5.75 Å². The predicted octanol–water partition coefficient (Wildman–Crippen LogP) is 4.84. The Hall–Kier alpha value is -4.65. The van der Waals surface area contributed by atoms with E-state index in [1.807, 2.05) is 36.4 Å². The first-order valence-corrected chi connectivity index (χ1v) is 10.4. The van der Waals surface area contributed by atoms with E-state index in [2.05, 4.69) is 10.5 Å². The Balaban J connectivity index is 1.50. The van der Waals surface area contributed by atoms with Gasteiger partial charge in [0.25, 0.3) is 5.91 Å². The van der Waals surface area contributed by atoms with Gasteiger partial charge in [0, 0.05) is 5.56 Å². The topological polar surface area (TPSA) is 86.2 Å². The molecule has 0 aliphatic carbocycles. The zero-order valence-electron chi connectivity index (χ0n) is 18.6. The fourth-order valence-corrected chi connectivity index (χ4v) is 3.38. The van der Waals surface area contributed by atoms with E-state index >= 15 is 0 Å². The molecule has 0 aliphatic heterocycles. The zero-order valence-corrected chi connectivity index (χ0v) is 18.6. The lowest BCUT2D eigenvalue weighted by atomic mass is 10.0. The van der Waals surface area contributed by atoms with Crippen molar-refractivity contribution in [3.8, 4) is 17.2 Å². The molecule has 0 unspecified atom stereocenters. The molecule has 1 N–H and O–H groups in total. The van der Waals surface area contributed by atoms with Gasteiger partial charge in [-0.1, -0.05) is 36.4 Å². The van der Waals surface area contributed by atoms with Crippen LogP contribution in [0.1, 0.15) is 26.3 Å². The Bertz CT molecular complexity index is 1360. The first kappa shape index (κ1) is 22.5. The highest BCUT2D eigenvalue weighted by molar-refractivity contribution is 6.05. The van der Waals surface area contributed by atoms with Crippen LogP contribution in [0, 0.1) is 0 Å². The van der Waals surface area contributed by atoms with Crippen LogP contribution in [0.25, 0.3) is 10.8 Å². The summed E-state index contributed by atoms with van der Waals surface area (Å²) < 4.78 is 16.1. The molecule has 7 nitrogen and oxygen atoms in total. The Morgan fingerprint density at radius 2 is 1.59 bits per heavy atom. The zero-order chi connectivity index (χ0) is 23.9. The Kier molecular flexibility index (Phi) is 6.84. The second-order valence-electron chi connectivity index (χ2n) is 7.25. The van der Waals surface area contributed by atoms with E-state index in [-0.39, 0.29) is 11.7 Å². The minimum absolute atomic E-state index is 0.242. The van der Waals surface area contributed by atoms with Crippen molar-refractivity contribution in [3.63, 3.8) is 0 Å². The van der Waals surface area contributed by atoms with Crippen molar-refractivity contribution in [1.29, 1.82) is 0 Å². The van der Waals surface area contributed by atoms with Crippen molar-refractivity contribution >= 4 is 28.9 Å². The van der Waals surface area contributed by atoms with Crippen molar-refractivity contribution in [3.05, 3.63) is 102 Å². The third-order valence-corrected chi connectivity index (χ3v) is 5.13. The molecule has 4 rings (SSSR count). The highest BCUT2D eigenvalue weighted by Gasteiger charge is 2.15. The fraction of sp³-hybridized carbons (Fsp3) is 0.0741. The molecule has 0 aliphatic rings. The number of methoxy groups -OCH3 is 2. The van der Waals surface area contributed by atoms with Gasteiger partial charge in [-0.3, -0.25) is 4.79 Å².